The number of fused-ring (bicyclic) bond motifs is 1. The Morgan fingerprint density at radius 2 is 2.38 bits per heavy atom. The average molecular weight is 246 g/mol. The Morgan fingerprint density at radius 3 is 2.88 bits per heavy atom. The number of halogens is 1. The monoisotopic (exact) mass is 245 g/mol. The van der Waals surface area contributed by atoms with Crippen molar-refractivity contribution in [3.05, 3.63) is 11.6 Å². The lowest BCUT2D eigenvalue weighted by Crippen LogP contribution is -2.51. The standard InChI is InChI=1S/C12H19NO2.ClH/c1-2-8-3-9-5-12(7-13,6-11(14)15)10(9)4-8;/h4,9-10H,2-3,5-7,13H2,1H3,(H,14,15);1H/t9-,10-,12-;/m1./s1. The van der Waals surface area contributed by atoms with E-state index in [1.807, 2.05) is 0 Å². The summed E-state index contributed by atoms with van der Waals surface area (Å²) in [7, 11) is 0. The minimum absolute atomic E-state index is 0. The van der Waals surface area contributed by atoms with Gasteiger partial charge in [-0.3, -0.25) is 4.79 Å². The zero-order valence-electron chi connectivity index (χ0n) is 9.61. The minimum Gasteiger partial charge on any atom is -0.481 e. The molecule has 0 bridgehead atoms. The van der Waals surface area contributed by atoms with Crippen molar-refractivity contribution in [2.45, 2.75) is 32.6 Å². The fraction of sp³-hybridized carbons (Fsp3) is 0.750. The lowest BCUT2D eigenvalue weighted by Gasteiger charge is -2.51. The summed E-state index contributed by atoms with van der Waals surface area (Å²) < 4.78 is 0. The molecule has 3 nitrogen and oxygen atoms in total. The van der Waals surface area contributed by atoms with Crippen molar-refractivity contribution in [3.8, 4) is 0 Å². The van der Waals surface area contributed by atoms with Crippen molar-refractivity contribution >= 4 is 18.4 Å². The molecule has 92 valence electrons. The molecule has 0 amide bonds. The molecule has 2 rings (SSSR count). The van der Waals surface area contributed by atoms with Crippen LogP contribution in [-0.4, -0.2) is 17.6 Å². The van der Waals surface area contributed by atoms with Crippen LogP contribution in [0.3, 0.4) is 0 Å². The molecule has 3 atom stereocenters. The smallest absolute Gasteiger partial charge is 0.303 e. The van der Waals surface area contributed by atoms with E-state index in [0.717, 1.165) is 12.8 Å². The summed E-state index contributed by atoms with van der Waals surface area (Å²) in [4.78, 5) is 10.8. The lowest BCUT2D eigenvalue weighted by atomic mass is 9.53. The van der Waals surface area contributed by atoms with E-state index in [1.165, 1.54) is 12.0 Å². The number of hydrogen-bond acceptors (Lipinski definition) is 2. The molecule has 3 N–H and O–H groups in total. The average Bonchev–Trinajstić information content (AvgIpc) is 2.53. The van der Waals surface area contributed by atoms with Crippen LogP contribution in [0.1, 0.15) is 32.6 Å². The highest BCUT2D eigenvalue weighted by molar-refractivity contribution is 5.85. The lowest BCUT2D eigenvalue weighted by molar-refractivity contribution is -0.144. The van der Waals surface area contributed by atoms with Gasteiger partial charge in [-0.25, -0.2) is 0 Å². The van der Waals surface area contributed by atoms with Crippen LogP contribution in [0.2, 0.25) is 0 Å². The quantitative estimate of drug-likeness (QED) is 0.747. The van der Waals surface area contributed by atoms with Gasteiger partial charge < -0.3 is 10.8 Å². The summed E-state index contributed by atoms with van der Waals surface area (Å²) >= 11 is 0. The Balaban J connectivity index is 0.00000128. The molecule has 0 radical (unpaired) electrons. The summed E-state index contributed by atoms with van der Waals surface area (Å²) in [5.41, 5.74) is 7.13. The van der Waals surface area contributed by atoms with Crippen molar-refractivity contribution in [1.29, 1.82) is 0 Å². The maximum atomic E-state index is 10.8. The maximum absolute atomic E-state index is 10.8. The van der Waals surface area contributed by atoms with E-state index in [-0.39, 0.29) is 24.2 Å². The van der Waals surface area contributed by atoms with Crippen molar-refractivity contribution in [3.63, 3.8) is 0 Å². The second kappa shape index (κ2) is 4.76. The highest BCUT2D eigenvalue weighted by atomic mass is 35.5. The third-order valence-electron chi connectivity index (χ3n) is 4.19. The fourth-order valence-electron chi connectivity index (χ4n) is 3.34. The van der Waals surface area contributed by atoms with E-state index in [9.17, 15) is 4.79 Å². The van der Waals surface area contributed by atoms with Gasteiger partial charge in [-0.1, -0.05) is 18.6 Å². The van der Waals surface area contributed by atoms with Crippen molar-refractivity contribution in [2.24, 2.45) is 23.0 Å². The molecule has 0 aromatic rings. The summed E-state index contributed by atoms with van der Waals surface area (Å²) in [5.74, 6) is 0.411. The molecule has 2 aliphatic carbocycles. The predicted octanol–water partition coefficient (Wildman–Crippen LogP) is 2.20. The number of carboxylic acids is 1. The Kier molecular flexibility index (Phi) is 4.02. The third-order valence-corrected chi connectivity index (χ3v) is 4.19. The van der Waals surface area contributed by atoms with Gasteiger partial charge in [0, 0.05) is 0 Å². The Labute approximate surface area is 103 Å². The van der Waals surface area contributed by atoms with E-state index < -0.39 is 5.97 Å². The van der Waals surface area contributed by atoms with Crippen LogP contribution in [0.25, 0.3) is 0 Å². The van der Waals surface area contributed by atoms with Crippen LogP contribution in [0.4, 0.5) is 0 Å². The van der Waals surface area contributed by atoms with Gasteiger partial charge in [0.1, 0.15) is 0 Å². The number of carboxylic acid groups (broad SMARTS) is 1. The third kappa shape index (κ3) is 1.98. The molecule has 0 unspecified atom stereocenters. The van der Waals surface area contributed by atoms with Gasteiger partial charge in [-0.15, -0.1) is 12.4 Å². The first-order chi connectivity index (χ1) is 7.11. The molecule has 0 aliphatic heterocycles. The molecule has 4 heteroatoms. The Hall–Kier alpha value is -0.540. The van der Waals surface area contributed by atoms with Gasteiger partial charge >= 0.3 is 5.97 Å². The number of nitrogens with two attached hydrogens (primary N) is 1. The number of hydrogen-bond donors (Lipinski definition) is 2. The summed E-state index contributed by atoms with van der Waals surface area (Å²) in [6, 6.07) is 0. The van der Waals surface area contributed by atoms with E-state index in [2.05, 4.69) is 13.0 Å². The zero-order valence-corrected chi connectivity index (χ0v) is 10.4. The van der Waals surface area contributed by atoms with Gasteiger partial charge in [-0.05, 0) is 43.1 Å². The molecule has 16 heavy (non-hydrogen) atoms. The summed E-state index contributed by atoms with van der Waals surface area (Å²) in [6.07, 6.45) is 5.80. The van der Waals surface area contributed by atoms with E-state index in [1.54, 1.807) is 0 Å². The normalized spacial score (nSPS) is 35.8. The van der Waals surface area contributed by atoms with Crippen LogP contribution in [0.5, 0.6) is 0 Å². The topological polar surface area (TPSA) is 63.3 Å². The molecule has 0 aromatic carbocycles. The van der Waals surface area contributed by atoms with Crippen LogP contribution in [0, 0.1) is 17.3 Å². The number of carbonyl (C=O) groups is 1. The first-order valence-electron chi connectivity index (χ1n) is 5.72. The highest BCUT2D eigenvalue weighted by Crippen LogP contribution is 2.59. The second-order valence-electron chi connectivity index (χ2n) is 5.01. The molecule has 2 aliphatic rings. The van der Waals surface area contributed by atoms with Crippen LogP contribution in [0.15, 0.2) is 11.6 Å². The largest absolute Gasteiger partial charge is 0.481 e. The van der Waals surface area contributed by atoms with Gasteiger partial charge in [-0.2, -0.15) is 0 Å². The van der Waals surface area contributed by atoms with Crippen LogP contribution >= 0.6 is 12.4 Å². The van der Waals surface area contributed by atoms with Crippen molar-refractivity contribution in [2.75, 3.05) is 6.54 Å². The molecule has 0 spiro atoms. The zero-order chi connectivity index (χ0) is 11.1. The number of aliphatic carboxylic acids is 1. The predicted molar refractivity (Wildman–Crippen MR) is 65.6 cm³/mol. The van der Waals surface area contributed by atoms with Gasteiger partial charge in [0.15, 0.2) is 0 Å². The van der Waals surface area contributed by atoms with Gasteiger partial charge in [0.05, 0.1) is 6.42 Å². The van der Waals surface area contributed by atoms with Crippen LogP contribution < -0.4 is 5.73 Å². The van der Waals surface area contributed by atoms with Gasteiger partial charge in [0.2, 0.25) is 0 Å². The Morgan fingerprint density at radius 1 is 1.69 bits per heavy atom. The van der Waals surface area contributed by atoms with E-state index >= 15 is 0 Å². The van der Waals surface area contributed by atoms with Crippen LogP contribution in [-0.2, 0) is 4.79 Å². The number of allylic oxidation sites excluding steroid dienone is 2. The second-order valence-corrected chi connectivity index (χ2v) is 5.01. The fourth-order valence-corrected chi connectivity index (χ4v) is 3.34. The molecular formula is C12H20ClNO2. The minimum atomic E-state index is -0.711. The molecule has 0 saturated heterocycles. The van der Waals surface area contributed by atoms with E-state index in [0.29, 0.717) is 18.4 Å². The SMILES string of the molecule is CCC1=C[C@@H]2[C@H](C1)C[C@]2(CN)CC(=O)O.Cl. The van der Waals surface area contributed by atoms with Crippen molar-refractivity contribution < 1.29 is 9.90 Å². The molecular weight excluding hydrogens is 226 g/mol. The van der Waals surface area contributed by atoms with Gasteiger partial charge in [0.25, 0.3) is 0 Å². The first kappa shape index (κ1) is 13.5. The van der Waals surface area contributed by atoms with Crippen molar-refractivity contribution in [1.82, 2.24) is 0 Å². The molecule has 1 saturated carbocycles. The summed E-state index contributed by atoms with van der Waals surface area (Å²) in [5, 5.41) is 8.91. The maximum Gasteiger partial charge on any atom is 0.303 e. The molecule has 0 aromatic heterocycles. The Bertz CT molecular complexity index is 316. The molecule has 1 fully saturated rings. The number of rotatable bonds is 4. The van der Waals surface area contributed by atoms with E-state index in [4.69, 9.17) is 10.8 Å². The first-order valence-corrected chi connectivity index (χ1v) is 5.72. The highest BCUT2D eigenvalue weighted by Gasteiger charge is 2.54. The summed E-state index contributed by atoms with van der Waals surface area (Å²) in [6.45, 7) is 2.67. The molecule has 0 heterocycles.